The van der Waals surface area contributed by atoms with Gasteiger partial charge in [-0.25, -0.2) is 9.59 Å². The van der Waals surface area contributed by atoms with Crippen molar-refractivity contribution < 1.29 is 29.9 Å². The van der Waals surface area contributed by atoms with Gasteiger partial charge in [0, 0.05) is 0 Å². The molecular formula is C16H22O6. The average molecular weight is 310 g/mol. The van der Waals surface area contributed by atoms with Gasteiger partial charge in [-0.15, -0.1) is 0 Å². The van der Waals surface area contributed by atoms with Gasteiger partial charge >= 0.3 is 11.9 Å². The second kappa shape index (κ2) is 6.06. The van der Waals surface area contributed by atoms with Crippen molar-refractivity contribution in [2.45, 2.75) is 52.4 Å². The third-order valence-corrected chi connectivity index (χ3v) is 3.38. The van der Waals surface area contributed by atoms with Gasteiger partial charge in [-0.05, 0) is 28.0 Å². The number of hydrogen-bond donors (Lipinski definition) is 2. The molecule has 6 nitrogen and oxygen atoms in total. The van der Waals surface area contributed by atoms with Gasteiger partial charge in [-0.2, -0.15) is 10.5 Å². The van der Waals surface area contributed by atoms with Crippen LogP contribution in [0.5, 0.6) is 0 Å². The molecule has 0 unspecified atom stereocenters. The molecule has 0 aliphatic carbocycles. The van der Waals surface area contributed by atoms with Gasteiger partial charge in [0.05, 0.1) is 11.1 Å². The summed E-state index contributed by atoms with van der Waals surface area (Å²) < 4.78 is 0. The zero-order valence-electron chi connectivity index (χ0n) is 13.7. The number of carbonyl (C=O) groups excluding carboxylic acids is 2. The molecule has 0 heterocycles. The third kappa shape index (κ3) is 3.64. The third-order valence-electron chi connectivity index (χ3n) is 3.38. The van der Waals surface area contributed by atoms with Gasteiger partial charge in [0.15, 0.2) is 0 Å². The quantitative estimate of drug-likeness (QED) is 0.641. The van der Waals surface area contributed by atoms with Crippen molar-refractivity contribution in [1.82, 2.24) is 0 Å². The maximum Gasteiger partial charge on any atom is 0.373 e. The van der Waals surface area contributed by atoms with Gasteiger partial charge in [-0.3, -0.25) is 9.78 Å². The predicted molar refractivity (Wildman–Crippen MR) is 79.9 cm³/mol. The first-order valence-corrected chi connectivity index (χ1v) is 6.84. The van der Waals surface area contributed by atoms with Crippen molar-refractivity contribution in [3.8, 4) is 0 Å². The monoisotopic (exact) mass is 310 g/mol. The average Bonchev–Trinajstić information content (AvgIpc) is 2.42. The molecule has 0 aliphatic rings. The van der Waals surface area contributed by atoms with E-state index in [0.29, 0.717) is 11.1 Å². The summed E-state index contributed by atoms with van der Waals surface area (Å²) in [5.74, 6) is -1.95. The highest BCUT2D eigenvalue weighted by atomic mass is 17.1. The van der Waals surface area contributed by atoms with Gasteiger partial charge in [0.1, 0.15) is 0 Å². The molecule has 0 spiro atoms. The number of carbonyl (C=O) groups is 2. The summed E-state index contributed by atoms with van der Waals surface area (Å²) in [4.78, 5) is 31.3. The van der Waals surface area contributed by atoms with Crippen molar-refractivity contribution in [3.05, 3.63) is 34.4 Å². The number of rotatable bonds is 2. The van der Waals surface area contributed by atoms with Gasteiger partial charge in [0.25, 0.3) is 0 Å². The van der Waals surface area contributed by atoms with Crippen LogP contribution in [0.25, 0.3) is 0 Å². The van der Waals surface area contributed by atoms with Crippen LogP contribution in [0, 0.1) is 0 Å². The summed E-state index contributed by atoms with van der Waals surface area (Å²) >= 11 is 0. The van der Waals surface area contributed by atoms with Crippen molar-refractivity contribution in [3.63, 3.8) is 0 Å². The zero-order valence-corrected chi connectivity index (χ0v) is 13.7. The highest BCUT2D eigenvalue weighted by Gasteiger charge is 2.31. The lowest BCUT2D eigenvalue weighted by Crippen LogP contribution is -2.24. The van der Waals surface area contributed by atoms with Crippen LogP contribution < -0.4 is 0 Å². The largest absolute Gasteiger partial charge is 0.373 e. The summed E-state index contributed by atoms with van der Waals surface area (Å²) in [6.45, 7) is 11.4. The maximum atomic E-state index is 11.8. The van der Waals surface area contributed by atoms with Crippen LogP contribution in [0.2, 0.25) is 0 Å². The van der Waals surface area contributed by atoms with E-state index in [1.165, 1.54) is 6.07 Å². The van der Waals surface area contributed by atoms with E-state index in [-0.39, 0.29) is 11.1 Å². The Morgan fingerprint density at radius 2 is 1.09 bits per heavy atom. The van der Waals surface area contributed by atoms with Gasteiger partial charge in [0.2, 0.25) is 0 Å². The van der Waals surface area contributed by atoms with E-state index in [0.717, 1.165) is 0 Å². The number of benzene rings is 1. The van der Waals surface area contributed by atoms with Crippen molar-refractivity contribution in [2.75, 3.05) is 0 Å². The topological polar surface area (TPSA) is 93.1 Å². The smallest absolute Gasteiger partial charge is 0.295 e. The van der Waals surface area contributed by atoms with Crippen LogP contribution in [0.1, 0.15) is 73.4 Å². The normalized spacial score (nSPS) is 12.0. The van der Waals surface area contributed by atoms with E-state index in [1.807, 2.05) is 41.5 Å². The summed E-state index contributed by atoms with van der Waals surface area (Å²) in [5, 5.41) is 17.4. The molecule has 6 heteroatoms. The van der Waals surface area contributed by atoms with Gasteiger partial charge in [-0.1, -0.05) is 47.6 Å². The molecule has 122 valence electrons. The molecule has 0 aliphatic heterocycles. The van der Waals surface area contributed by atoms with Crippen LogP contribution in [0.4, 0.5) is 0 Å². The Hall–Kier alpha value is -1.92. The second-order valence-electron chi connectivity index (χ2n) is 7.20. The van der Waals surface area contributed by atoms with Crippen molar-refractivity contribution >= 4 is 11.9 Å². The molecule has 0 radical (unpaired) electrons. The van der Waals surface area contributed by atoms with Crippen LogP contribution in [-0.4, -0.2) is 22.5 Å². The number of hydrogen-bond acceptors (Lipinski definition) is 6. The minimum Gasteiger partial charge on any atom is -0.295 e. The molecule has 0 atom stereocenters. The molecule has 2 N–H and O–H groups in total. The van der Waals surface area contributed by atoms with Crippen molar-refractivity contribution in [2.24, 2.45) is 0 Å². The Morgan fingerprint density at radius 3 is 1.32 bits per heavy atom. The lowest BCUT2D eigenvalue weighted by atomic mass is 9.76. The van der Waals surface area contributed by atoms with Crippen LogP contribution in [-0.2, 0) is 20.6 Å². The van der Waals surface area contributed by atoms with E-state index < -0.39 is 22.8 Å². The highest BCUT2D eigenvalue weighted by molar-refractivity contribution is 5.97. The molecular weight excluding hydrogens is 288 g/mol. The van der Waals surface area contributed by atoms with Crippen LogP contribution >= 0.6 is 0 Å². The molecule has 0 fully saturated rings. The Balaban J connectivity index is 3.80. The Labute approximate surface area is 129 Å². The molecule has 0 aromatic heterocycles. The standard InChI is InChI=1S/C16H22O6/c1-15(2,3)11-8-12(16(4,5)6)10(14(18)22-20)7-9(11)13(17)21-19/h7-8,19-20H,1-6H3. The summed E-state index contributed by atoms with van der Waals surface area (Å²) in [7, 11) is 0. The van der Waals surface area contributed by atoms with Crippen LogP contribution in [0.3, 0.4) is 0 Å². The first-order valence-electron chi connectivity index (χ1n) is 6.84. The predicted octanol–water partition coefficient (Wildman–Crippen LogP) is 3.54. The molecule has 1 aromatic rings. The Morgan fingerprint density at radius 1 is 0.773 bits per heavy atom. The molecule has 0 amide bonds. The fraction of sp³-hybridized carbons (Fsp3) is 0.500. The lowest BCUT2D eigenvalue weighted by Gasteiger charge is -2.28. The van der Waals surface area contributed by atoms with E-state index in [1.54, 1.807) is 6.07 Å². The van der Waals surface area contributed by atoms with E-state index in [2.05, 4.69) is 9.78 Å². The second-order valence-corrected chi connectivity index (χ2v) is 7.20. The zero-order chi connectivity index (χ0) is 17.3. The first kappa shape index (κ1) is 18.1. The van der Waals surface area contributed by atoms with E-state index >= 15 is 0 Å². The summed E-state index contributed by atoms with van der Waals surface area (Å²) in [6, 6.07) is 2.98. The van der Waals surface area contributed by atoms with Crippen LogP contribution in [0.15, 0.2) is 12.1 Å². The Bertz CT molecular complexity index is 541. The summed E-state index contributed by atoms with van der Waals surface area (Å²) in [6.07, 6.45) is 0. The minimum atomic E-state index is -0.975. The highest BCUT2D eigenvalue weighted by Crippen LogP contribution is 2.34. The fourth-order valence-electron chi connectivity index (χ4n) is 2.28. The van der Waals surface area contributed by atoms with E-state index in [4.69, 9.17) is 10.5 Å². The van der Waals surface area contributed by atoms with Gasteiger partial charge < -0.3 is 0 Å². The van der Waals surface area contributed by atoms with E-state index in [9.17, 15) is 9.59 Å². The maximum absolute atomic E-state index is 11.8. The molecule has 1 aromatic carbocycles. The molecule has 22 heavy (non-hydrogen) atoms. The molecule has 1 rings (SSSR count). The summed E-state index contributed by atoms with van der Waals surface area (Å²) in [5.41, 5.74) is 0.472. The minimum absolute atomic E-state index is 0.0448. The lowest BCUT2D eigenvalue weighted by molar-refractivity contribution is -0.183. The molecule has 0 saturated carbocycles. The SMILES string of the molecule is CC(C)(C)c1cc(C(C)(C)C)c(C(=O)OO)cc1C(=O)OO. The first-order chi connectivity index (χ1) is 9.93. The Kier molecular flexibility index (Phi) is 4.99. The molecule has 0 saturated heterocycles. The molecule has 0 bridgehead atoms. The van der Waals surface area contributed by atoms with Crippen molar-refractivity contribution in [1.29, 1.82) is 0 Å². The fourth-order valence-corrected chi connectivity index (χ4v) is 2.28.